The molecule has 1 saturated carbocycles. The van der Waals surface area contributed by atoms with Gasteiger partial charge in [-0.15, -0.1) is 0 Å². The second-order valence-corrected chi connectivity index (χ2v) is 9.62. The molecule has 1 fully saturated rings. The fraction of sp³-hybridized carbons (Fsp3) is 0.414. The van der Waals surface area contributed by atoms with Crippen LogP contribution < -0.4 is 0 Å². The summed E-state index contributed by atoms with van der Waals surface area (Å²) in [5.41, 5.74) is 4.46. The molecule has 3 atom stereocenters. The highest BCUT2D eigenvalue weighted by atomic mass is 16.5. The lowest BCUT2D eigenvalue weighted by Gasteiger charge is -2.37. The second kappa shape index (κ2) is 9.46. The average Bonchev–Trinajstić information content (AvgIpc) is 2.84. The van der Waals surface area contributed by atoms with Crippen LogP contribution >= 0.6 is 0 Å². The van der Waals surface area contributed by atoms with Crippen LogP contribution in [0.5, 0.6) is 0 Å². The summed E-state index contributed by atoms with van der Waals surface area (Å²) < 4.78 is 6.00. The van der Waals surface area contributed by atoms with E-state index in [9.17, 15) is 9.59 Å². The maximum absolute atomic E-state index is 13.6. The van der Waals surface area contributed by atoms with E-state index in [0.29, 0.717) is 12.0 Å². The molecule has 0 saturated heterocycles. The highest BCUT2D eigenvalue weighted by Gasteiger charge is 2.45. The molecular weight excluding hydrogens is 410 g/mol. The first-order valence-electron chi connectivity index (χ1n) is 12.2. The molecule has 170 valence electrons. The van der Waals surface area contributed by atoms with Gasteiger partial charge in [0.1, 0.15) is 12.0 Å². The number of nitrogens with zero attached hydrogens (tertiary/aromatic N) is 1. The molecule has 0 aromatic heterocycles. The zero-order valence-corrected chi connectivity index (χ0v) is 19.2. The van der Waals surface area contributed by atoms with Gasteiger partial charge >= 0.3 is 5.97 Å². The summed E-state index contributed by atoms with van der Waals surface area (Å²) >= 11 is 0. The molecule has 2 aliphatic carbocycles. The quantitative estimate of drug-likeness (QED) is 0.536. The Bertz CT molecular complexity index is 1080. The van der Waals surface area contributed by atoms with Crippen molar-refractivity contribution in [2.75, 3.05) is 0 Å². The summed E-state index contributed by atoms with van der Waals surface area (Å²) in [7, 11) is 0. The lowest BCUT2D eigenvalue weighted by Crippen LogP contribution is -2.39. The predicted molar refractivity (Wildman–Crippen MR) is 129 cm³/mol. The number of ether oxygens (including phenoxy) is 1. The molecule has 0 bridgehead atoms. The van der Waals surface area contributed by atoms with Crippen molar-refractivity contribution in [1.29, 1.82) is 0 Å². The number of hydrogen-bond acceptors (Lipinski definition) is 4. The smallest absolute Gasteiger partial charge is 0.315 e. The lowest BCUT2D eigenvalue weighted by atomic mass is 9.69. The maximum atomic E-state index is 13.6. The van der Waals surface area contributed by atoms with E-state index in [0.717, 1.165) is 49.1 Å². The van der Waals surface area contributed by atoms with Crippen LogP contribution in [-0.4, -0.2) is 23.6 Å². The minimum atomic E-state index is -0.551. The number of hydrogen-bond donors (Lipinski definition) is 0. The van der Waals surface area contributed by atoms with Gasteiger partial charge in [-0.2, -0.15) is 0 Å². The molecule has 0 radical (unpaired) electrons. The minimum Gasteiger partial charge on any atom is -0.462 e. The zero-order valence-electron chi connectivity index (χ0n) is 19.2. The first-order valence-corrected chi connectivity index (χ1v) is 12.2. The Balaban J connectivity index is 1.51. The van der Waals surface area contributed by atoms with Gasteiger partial charge in [0.05, 0.1) is 0 Å². The van der Waals surface area contributed by atoms with E-state index in [2.05, 4.69) is 12.1 Å². The van der Waals surface area contributed by atoms with Gasteiger partial charge in [-0.05, 0) is 56.1 Å². The van der Waals surface area contributed by atoms with Crippen molar-refractivity contribution < 1.29 is 14.3 Å². The van der Waals surface area contributed by atoms with Gasteiger partial charge < -0.3 is 4.74 Å². The van der Waals surface area contributed by atoms with E-state index >= 15 is 0 Å². The van der Waals surface area contributed by atoms with E-state index in [1.54, 1.807) is 0 Å². The van der Waals surface area contributed by atoms with Crippen molar-refractivity contribution in [3.05, 3.63) is 83.1 Å². The van der Waals surface area contributed by atoms with Gasteiger partial charge in [0.15, 0.2) is 5.78 Å². The molecule has 3 aliphatic rings. The third-order valence-electron chi connectivity index (χ3n) is 7.41. The SMILES string of the molecule is CC1=NC2=C(C(=O)C[C@H](c3ccccc3)C2)[C@H](c2ccccc2)C1C(=O)OC1CCCCC1. The molecule has 0 spiro atoms. The summed E-state index contributed by atoms with van der Waals surface area (Å²) in [5, 5.41) is 0. The van der Waals surface area contributed by atoms with Gasteiger partial charge in [-0.3, -0.25) is 14.6 Å². The third kappa shape index (κ3) is 4.44. The topological polar surface area (TPSA) is 55.7 Å². The van der Waals surface area contributed by atoms with Crippen LogP contribution in [-0.2, 0) is 14.3 Å². The number of ketones is 1. The summed E-state index contributed by atoms with van der Waals surface area (Å²) in [6.07, 6.45) is 6.42. The van der Waals surface area contributed by atoms with E-state index in [4.69, 9.17) is 9.73 Å². The van der Waals surface area contributed by atoms with Crippen LogP contribution in [0.15, 0.2) is 76.9 Å². The molecule has 0 N–H and O–H groups in total. The Kier molecular flexibility index (Phi) is 6.26. The van der Waals surface area contributed by atoms with Crippen LogP contribution in [0, 0.1) is 5.92 Å². The summed E-state index contributed by atoms with van der Waals surface area (Å²) in [6.45, 7) is 1.92. The van der Waals surface area contributed by atoms with Crippen molar-refractivity contribution in [2.45, 2.75) is 69.8 Å². The van der Waals surface area contributed by atoms with Crippen molar-refractivity contribution >= 4 is 17.5 Å². The van der Waals surface area contributed by atoms with Gasteiger partial charge in [-0.25, -0.2) is 0 Å². The second-order valence-electron chi connectivity index (χ2n) is 9.62. The number of benzene rings is 2. The molecule has 4 heteroatoms. The largest absolute Gasteiger partial charge is 0.462 e. The van der Waals surface area contributed by atoms with E-state index in [1.165, 1.54) is 12.0 Å². The van der Waals surface area contributed by atoms with Crippen LogP contribution in [0.25, 0.3) is 0 Å². The lowest BCUT2D eigenvalue weighted by molar-refractivity contribution is -0.153. The number of aliphatic imine (C=N–C) groups is 1. The van der Waals surface area contributed by atoms with Crippen LogP contribution in [0.1, 0.15) is 74.8 Å². The molecule has 5 rings (SSSR count). The molecule has 1 aliphatic heterocycles. The van der Waals surface area contributed by atoms with Crippen LogP contribution in [0.4, 0.5) is 0 Å². The fourth-order valence-electron chi connectivity index (χ4n) is 5.77. The summed E-state index contributed by atoms with van der Waals surface area (Å²) in [5.74, 6) is -0.896. The molecule has 33 heavy (non-hydrogen) atoms. The molecule has 0 amide bonds. The number of allylic oxidation sites excluding steroid dienone is 2. The average molecular weight is 442 g/mol. The Morgan fingerprint density at radius 2 is 1.52 bits per heavy atom. The molecule has 1 unspecified atom stereocenters. The molecular formula is C29H31NO3. The zero-order chi connectivity index (χ0) is 22.8. The maximum Gasteiger partial charge on any atom is 0.315 e. The Labute approximate surface area is 195 Å². The summed E-state index contributed by atoms with van der Waals surface area (Å²) in [4.78, 5) is 31.9. The van der Waals surface area contributed by atoms with Crippen molar-refractivity contribution in [3.8, 4) is 0 Å². The highest BCUT2D eigenvalue weighted by molar-refractivity contribution is 6.09. The molecule has 4 nitrogen and oxygen atoms in total. The van der Waals surface area contributed by atoms with Gasteiger partial charge in [0, 0.05) is 29.3 Å². The van der Waals surface area contributed by atoms with Gasteiger partial charge in [0.2, 0.25) is 0 Å². The first kappa shape index (κ1) is 21.8. The van der Waals surface area contributed by atoms with E-state index in [-0.39, 0.29) is 29.7 Å². The number of carbonyl (C=O) groups excluding carboxylic acids is 2. The molecule has 1 heterocycles. The van der Waals surface area contributed by atoms with E-state index < -0.39 is 5.92 Å². The number of Topliss-reactive ketones (excluding diaryl/α,β-unsaturated/α-hetero) is 1. The number of carbonyl (C=O) groups is 2. The normalized spacial score (nSPS) is 25.9. The first-order chi connectivity index (χ1) is 16.1. The Morgan fingerprint density at radius 3 is 2.18 bits per heavy atom. The van der Waals surface area contributed by atoms with Crippen LogP contribution in [0.2, 0.25) is 0 Å². The number of esters is 1. The van der Waals surface area contributed by atoms with E-state index in [1.807, 2.05) is 55.5 Å². The van der Waals surface area contributed by atoms with Crippen molar-refractivity contribution in [2.24, 2.45) is 10.9 Å². The van der Waals surface area contributed by atoms with Crippen molar-refractivity contribution in [3.63, 3.8) is 0 Å². The summed E-state index contributed by atoms with van der Waals surface area (Å²) in [6, 6.07) is 20.1. The predicted octanol–water partition coefficient (Wildman–Crippen LogP) is 6.14. The van der Waals surface area contributed by atoms with Gasteiger partial charge in [0.25, 0.3) is 0 Å². The van der Waals surface area contributed by atoms with Gasteiger partial charge in [-0.1, -0.05) is 67.1 Å². The standard InChI is InChI=1S/C29H31NO3/c1-19-26(29(32)33-23-15-9-4-10-16-23)27(21-13-7-3-8-14-21)28-24(30-19)17-22(18-25(28)31)20-11-5-2-6-12-20/h2-3,5-8,11-14,22-23,26-27H,4,9-10,15-18H2,1H3/t22-,26?,27-/m1/s1. The van der Waals surface area contributed by atoms with Crippen LogP contribution in [0.3, 0.4) is 0 Å². The molecule has 2 aromatic carbocycles. The Hall–Kier alpha value is -3.01. The molecule has 2 aromatic rings. The van der Waals surface area contributed by atoms with Crippen molar-refractivity contribution in [1.82, 2.24) is 0 Å². The minimum absolute atomic E-state index is 0.0182. The monoisotopic (exact) mass is 441 g/mol. The number of rotatable bonds is 4. The fourth-order valence-corrected chi connectivity index (χ4v) is 5.77. The Morgan fingerprint density at radius 1 is 0.879 bits per heavy atom. The highest BCUT2D eigenvalue weighted by Crippen LogP contribution is 2.47. The third-order valence-corrected chi connectivity index (χ3v) is 7.41.